The van der Waals surface area contributed by atoms with Gasteiger partial charge in [-0.05, 0) is 37.5 Å². The van der Waals surface area contributed by atoms with Gasteiger partial charge in [0.25, 0.3) is 0 Å². The summed E-state index contributed by atoms with van der Waals surface area (Å²) < 4.78 is 10.3. The van der Waals surface area contributed by atoms with Crippen molar-refractivity contribution in [2.75, 3.05) is 13.7 Å². The van der Waals surface area contributed by atoms with Gasteiger partial charge in [0, 0.05) is 0 Å². The minimum Gasteiger partial charge on any atom is -0.467 e. The van der Waals surface area contributed by atoms with Crippen LogP contribution < -0.4 is 0 Å². The van der Waals surface area contributed by atoms with E-state index in [0.29, 0.717) is 11.8 Å². The van der Waals surface area contributed by atoms with Crippen LogP contribution in [0.2, 0.25) is 0 Å². The van der Waals surface area contributed by atoms with E-state index < -0.39 is 0 Å². The summed E-state index contributed by atoms with van der Waals surface area (Å²) >= 11 is 0. The summed E-state index contributed by atoms with van der Waals surface area (Å²) in [7, 11) is 1.43. The summed E-state index contributed by atoms with van der Waals surface area (Å²) in [5, 5.41) is 0. The van der Waals surface area contributed by atoms with Crippen molar-refractivity contribution in [2.24, 2.45) is 11.8 Å². The summed E-state index contributed by atoms with van der Waals surface area (Å²) in [6.45, 7) is 0.746. The van der Waals surface area contributed by atoms with Gasteiger partial charge in [-0.15, -0.1) is 0 Å². The number of esters is 1. The lowest BCUT2D eigenvalue weighted by Gasteiger charge is -2.14. The Balaban J connectivity index is 1.77. The minimum atomic E-state index is -0.273. The fourth-order valence-corrected chi connectivity index (χ4v) is 1.44. The summed E-state index contributed by atoms with van der Waals surface area (Å²) in [5.74, 6) is 0.959. The lowest BCUT2D eigenvalue weighted by Crippen LogP contribution is -2.28. The Morgan fingerprint density at radius 1 is 1.38 bits per heavy atom. The van der Waals surface area contributed by atoms with Gasteiger partial charge in [0.05, 0.1) is 13.7 Å². The molecule has 0 N–H and O–H groups in total. The molecule has 3 heteroatoms. The molecule has 0 aromatic heterocycles. The van der Waals surface area contributed by atoms with E-state index in [9.17, 15) is 4.79 Å². The third-order valence-corrected chi connectivity index (χ3v) is 2.69. The van der Waals surface area contributed by atoms with E-state index in [2.05, 4.69) is 0 Å². The Kier molecular flexibility index (Phi) is 2.54. The highest BCUT2D eigenvalue weighted by molar-refractivity contribution is 5.75. The molecule has 0 aliphatic heterocycles. The van der Waals surface area contributed by atoms with Crippen LogP contribution in [0.1, 0.15) is 25.7 Å². The number of carbonyl (C=O) groups is 1. The first kappa shape index (κ1) is 9.00. The van der Waals surface area contributed by atoms with E-state index in [0.717, 1.165) is 19.4 Å². The van der Waals surface area contributed by atoms with Crippen LogP contribution in [0.5, 0.6) is 0 Å². The highest BCUT2D eigenvalue weighted by atomic mass is 16.6. The SMILES string of the molecule is COC(=O)C(OCC1CC1)C1CC1. The fourth-order valence-electron chi connectivity index (χ4n) is 1.44. The third kappa shape index (κ3) is 2.44. The molecular weight excluding hydrogens is 168 g/mol. The molecule has 2 fully saturated rings. The molecule has 2 aliphatic rings. The predicted molar refractivity (Wildman–Crippen MR) is 47.2 cm³/mol. The second-order valence-electron chi connectivity index (χ2n) is 4.06. The number of hydrogen-bond acceptors (Lipinski definition) is 3. The molecule has 74 valence electrons. The molecule has 13 heavy (non-hydrogen) atoms. The Morgan fingerprint density at radius 2 is 2.08 bits per heavy atom. The molecule has 1 unspecified atom stereocenters. The lowest BCUT2D eigenvalue weighted by atomic mass is 10.2. The zero-order valence-corrected chi connectivity index (χ0v) is 7.99. The van der Waals surface area contributed by atoms with Crippen LogP contribution in [-0.4, -0.2) is 25.8 Å². The summed E-state index contributed by atoms with van der Waals surface area (Å²) in [6, 6.07) is 0. The van der Waals surface area contributed by atoms with Gasteiger partial charge in [-0.2, -0.15) is 0 Å². The Bertz CT molecular complexity index is 194. The topological polar surface area (TPSA) is 35.5 Å². The van der Waals surface area contributed by atoms with Gasteiger partial charge in [0.1, 0.15) is 0 Å². The van der Waals surface area contributed by atoms with Crippen molar-refractivity contribution in [3.05, 3.63) is 0 Å². The molecule has 0 radical (unpaired) electrons. The number of rotatable bonds is 5. The molecule has 3 nitrogen and oxygen atoms in total. The van der Waals surface area contributed by atoms with E-state index >= 15 is 0 Å². The fraction of sp³-hybridized carbons (Fsp3) is 0.900. The van der Waals surface area contributed by atoms with E-state index in [1.54, 1.807) is 0 Å². The molecule has 0 bridgehead atoms. The molecule has 0 spiro atoms. The molecule has 1 atom stereocenters. The monoisotopic (exact) mass is 184 g/mol. The van der Waals surface area contributed by atoms with E-state index in [1.807, 2.05) is 0 Å². The molecule has 2 saturated carbocycles. The molecule has 2 rings (SSSR count). The van der Waals surface area contributed by atoms with Gasteiger partial charge in [-0.3, -0.25) is 0 Å². The predicted octanol–water partition coefficient (Wildman–Crippen LogP) is 1.36. The highest BCUT2D eigenvalue weighted by Gasteiger charge is 2.38. The van der Waals surface area contributed by atoms with Crippen molar-refractivity contribution in [2.45, 2.75) is 31.8 Å². The average Bonchev–Trinajstić information content (AvgIpc) is 2.98. The molecule has 0 aromatic rings. The van der Waals surface area contributed by atoms with Gasteiger partial charge < -0.3 is 9.47 Å². The van der Waals surface area contributed by atoms with Crippen LogP contribution in [0.25, 0.3) is 0 Å². The smallest absolute Gasteiger partial charge is 0.335 e. The lowest BCUT2D eigenvalue weighted by molar-refractivity contribution is -0.155. The Labute approximate surface area is 78.4 Å². The van der Waals surface area contributed by atoms with E-state index in [-0.39, 0.29) is 12.1 Å². The second kappa shape index (κ2) is 3.66. The van der Waals surface area contributed by atoms with E-state index in [1.165, 1.54) is 20.0 Å². The van der Waals surface area contributed by atoms with Gasteiger partial charge in [0.2, 0.25) is 0 Å². The Hall–Kier alpha value is -0.570. The van der Waals surface area contributed by atoms with Crippen molar-refractivity contribution < 1.29 is 14.3 Å². The molecule has 0 heterocycles. The number of ether oxygens (including phenoxy) is 2. The largest absolute Gasteiger partial charge is 0.467 e. The van der Waals surface area contributed by atoms with Crippen molar-refractivity contribution in [1.82, 2.24) is 0 Å². The van der Waals surface area contributed by atoms with Crippen molar-refractivity contribution in [1.29, 1.82) is 0 Å². The summed E-state index contributed by atoms with van der Waals surface area (Å²) in [6.07, 6.45) is 4.48. The van der Waals surface area contributed by atoms with Crippen molar-refractivity contribution in [3.63, 3.8) is 0 Å². The van der Waals surface area contributed by atoms with Crippen LogP contribution >= 0.6 is 0 Å². The molecule has 0 amide bonds. The first-order valence-electron chi connectivity index (χ1n) is 5.00. The zero-order chi connectivity index (χ0) is 9.26. The van der Waals surface area contributed by atoms with Gasteiger partial charge >= 0.3 is 5.97 Å². The highest BCUT2D eigenvalue weighted by Crippen LogP contribution is 2.36. The first-order valence-corrected chi connectivity index (χ1v) is 5.00. The quantitative estimate of drug-likeness (QED) is 0.605. The van der Waals surface area contributed by atoms with Gasteiger partial charge in [-0.25, -0.2) is 4.79 Å². The second-order valence-corrected chi connectivity index (χ2v) is 4.06. The van der Waals surface area contributed by atoms with Crippen LogP contribution in [0.15, 0.2) is 0 Å². The maximum atomic E-state index is 11.3. The van der Waals surface area contributed by atoms with Crippen LogP contribution in [-0.2, 0) is 14.3 Å². The van der Waals surface area contributed by atoms with Crippen LogP contribution in [0.4, 0.5) is 0 Å². The zero-order valence-electron chi connectivity index (χ0n) is 7.99. The normalized spacial score (nSPS) is 24.1. The third-order valence-electron chi connectivity index (χ3n) is 2.69. The summed E-state index contributed by atoms with van der Waals surface area (Å²) in [4.78, 5) is 11.3. The van der Waals surface area contributed by atoms with E-state index in [4.69, 9.17) is 9.47 Å². The molecular formula is C10H16O3. The summed E-state index contributed by atoms with van der Waals surface area (Å²) in [5.41, 5.74) is 0. The van der Waals surface area contributed by atoms with Crippen molar-refractivity contribution >= 4 is 5.97 Å². The molecule has 2 aliphatic carbocycles. The maximum Gasteiger partial charge on any atom is 0.335 e. The van der Waals surface area contributed by atoms with Crippen LogP contribution in [0, 0.1) is 11.8 Å². The molecule has 0 aromatic carbocycles. The Morgan fingerprint density at radius 3 is 2.54 bits per heavy atom. The minimum absolute atomic E-state index is 0.192. The molecule has 0 saturated heterocycles. The first-order chi connectivity index (χ1) is 6.31. The average molecular weight is 184 g/mol. The van der Waals surface area contributed by atoms with Gasteiger partial charge in [0.15, 0.2) is 6.10 Å². The number of methoxy groups -OCH3 is 1. The standard InChI is InChI=1S/C10H16O3/c1-12-10(11)9(8-4-5-8)13-6-7-2-3-7/h7-9H,2-6H2,1H3. The van der Waals surface area contributed by atoms with Crippen molar-refractivity contribution in [3.8, 4) is 0 Å². The number of carbonyl (C=O) groups excluding carboxylic acids is 1. The number of hydrogen-bond donors (Lipinski definition) is 0. The van der Waals surface area contributed by atoms with Gasteiger partial charge in [-0.1, -0.05) is 0 Å². The maximum absolute atomic E-state index is 11.3. The van der Waals surface area contributed by atoms with Crippen LogP contribution in [0.3, 0.4) is 0 Å².